The van der Waals surface area contributed by atoms with Crippen LogP contribution in [0.4, 0.5) is 0 Å². The van der Waals surface area contributed by atoms with Crippen LogP contribution in [-0.4, -0.2) is 36.2 Å². The fourth-order valence-electron chi connectivity index (χ4n) is 0. The van der Waals surface area contributed by atoms with E-state index in [0.29, 0.717) is 0 Å². The van der Waals surface area contributed by atoms with E-state index in [1.54, 1.807) is 14.1 Å². The van der Waals surface area contributed by atoms with Crippen molar-refractivity contribution in [3.8, 4) is 0 Å². The van der Waals surface area contributed by atoms with Crippen LogP contribution in [0.25, 0.3) is 0 Å². The van der Waals surface area contributed by atoms with Crippen molar-refractivity contribution in [3.63, 3.8) is 0 Å². The summed E-state index contributed by atoms with van der Waals surface area (Å²) in [5.74, 6) is 4.94. The number of hydrogen-bond acceptors (Lipinski definition) is 2. The van der Waals surface area contributed by atoms with Gasteiger partial charge in [-0.2, -0.15) is 0 Å². The van der Waals surface area contributed by atoms with Gasteiger partial charge in [-0.15, -0.1) is 0 Å². The van der Waals surface area contributed by atoms with E-state index >= 15 is 0 Å². The molecule has 0 aromatic rings. The molecule has 0 bridgehead atoms. The third-order valence-corrected chi connectivity index (χ3v) is 0. The van der Waals surface area contributed by atoms with Gasteiger partial charge in [0.25, 0.3) is 0 Å². The summed E-state index contributed by atoms with van der Waals surface area (Å²) in [6.45, 7) is 0. The van der Waals surface area contributed by atoms with Gasteiger partial charge in [0.1, 0.15) is 0 Å². The van der Waals surface area contributed by atoms with Crippen LogP contribution < -0.4 is 5.84 Å². The van der Waals surface area contributed by atoms with Gasteiger partial charge in [-0.25, -0.2) is 0 Å². The van der Waals surface area contributed by atoms with Gasteiger partial charge in [0, 0.05) is 14.1 Å². The molecule has 0 saturated carbocycles. The summed E-state index contributed by atoms with van der Waals surface area (Å²) in [4.78, 5) is 0. The maximum atomic E-state index is 4.94. The summed E-state index contributed by atoms with van der Waals surface area (Å²) in [5.41, 5.74) is 0. The first-order chi connectivity index (χ1) is 1.73. The predicted octanol–water partition coefficient (Wildman–Crippen LogP) is -1.49. The average Bonchev–Trinajstić information content (AvgIpc) is 0.811. The number of nitrogens with two attached hydrogens (primary N) is 1. The van der Waals surface area contributed by atoms with Gasteiger partial charge in [0.05, 0.1) is 0 Å². The van der Waals surface area contributed by atoms with Crippen LogP contribution in [-0.2, 0) is 0 Å². The number of hydrazine groups is 1. The van der Waals surface area contributed by atoms with Crippen molar-refractivity contribution >= 4 is 17.1 Å². The summed E-state index contributed by atoms with van der Waals surface area (Å²) >= 11 is 0. The Labute approximate surface area is 42.8 Å². The topological polar surface area (TPSA) is 29.3 Å². The summed E-state index contributed by atoms with van der Waals surface area (Å²) in [5, 5.41) is 1.50. The van der Waals surface area contributed by atoms with Crippen molar-refractivity contribution in [2.24, 2.45) is 5.84 Å². The van der Waals surface area contributed by atoms with Gasteiger partial charge in [-0.1, -0.05) is 0 Å². The Morgan fingerprint density at radius 1 is 1.40 bits per heavy atom. The monoisotopic (exact) mass is 142 g/mol. The molecule has 3 heteroatoms. The molecule has 0 aromatic carbocycles. The third kappa shape index (κ3) is 137. The molecule has 0 radical (unpaired) electrons. The van der Waals surface area contributed by atoms with E-state index in [1.165, 1.54) is 5.01 Å². The van der Waals surface area contributed by atoms with E-state index in [9.17, 15) is 0 Å². The zero-order valence-electron chi connectivity index (χ0n) is 3.52. The predicted molar refractivity (Wildman–Crippen MR) is 26.4 cm³/mol. The molecule has 0 aliphatic rings. The normalized spacial score (nSPS) is 7.20. The van der Waals surface area contributed by atoms with Gasteiger partial charge < -0.3 is 0 Å². The minimum atomic E-state index is 0. The second-order valence-corrected chi connectivity index (χ2v) is 0.964. The molecule has 5 heavy (non-hydrogen) atoms. The van der Waals surface area contributed by atoms with Crippen LogP contribution in [0.2, 0.25) is 0 Å². The molecule has 34 valence electrons. The molecule has 0 unspecified atom stereocenters. The molecule has 0 heterocycles. The Morgan fingerprint density at radius 2 is 1.40 bits per heavy atom. The summed E-state index contributed by atoms with van der Waals surface area (Å²) < 4.78 is 0. The summed E-state index contributed by atoms with van der Waals surface area (Å²) in [6.07, 6.45) is 0. The number of hydrogen-bond donors (Lipinski definition) is 1. The van der Waals surface area contributed by atoms with E-state index < -0.39 is 0 Å². The first-order valence-electron chi connectivity index (χ1n) is 1.15. The van der Waals surface area contributed by atoms with E-state index in [2.05, 4.69) is 0 Å². The Hall–Kier alpha value is 0.439. The zero-order chi connectivity index (χ0) is 3.58. The Bertz CT molecular complexity index is 12.4. The van der Waals surface area contributed by atoms with Crippen molar-refractivity contribution in [1.82, 2.24) is 5.01 Å². The zero-order valence-corrected chi connectivity index (χ0v) is 5.62. The fourth-order valence-corrected chi connectivity index (χ4v) is 0. The third-order valence-electron chi connectivity index (χ3n) is 0. The SMILES string of the molecule is CN(C)N.[SeH2]. The van der Waals surface area contributed by atoms with Crippen LogP contribution in [0.5, 0.6) is 0 Å². The van der Waals surface area contributed by atoms with E-state index in [0.717, 1.165) is 0 Å². The van der Waals surface area contributed by atoms with Gasteiger partial charge in [-0.05, 0) is 0 Å². The second kappa shape index (κ2) is 4.44. The van der Waals surface area contributed by atoms with Gasteiger partial charge >= 0.3 is 17.1 Å². The molecular weight excluding hydrogens is 131 g/mol. The van der Waals surface area contributed by atoms with Crippen molar-refractivity contribution in [2.45, 2.75) is 0 Å². The molecule has 2 N–H and O–H groups in total. The van der Waals surface area contributed by atoms with Gasteiger partial charge in [0.2, 0.25) is 0 Å². The molecule has 0 spiro atoms. The quantitative estimate of drug-likeness (QED) is 0.253. The molecule has 0 rings (SSSR count). The molecule has 0 aromatic heterocycles. The maximum absolute atomic E-state index is 4.94. The number of rotatable bonds is 0. The van der Waals surface area contributed by atoms with Crippen LogP contribution >= 0.6 is 0 Å². The van der Waals surface area contributed by atoms with Crippen molar-refractivity contribution in [2.75, 3.05) is 14.1 Å². The Morgan fingerprint density at radius 3 is 1.40 bits per heavy atom. The Kier molecular flexibility index (Phi) is 8.05. The van der Waals surface area contributed by atoms with Crippen molar-refractivity contribution in [3.05, 3.63) is 0 Å². The minimum absolute atomic E-state index is 0. The Balaban J connectivity index is 0. The molecule has 0 amide bonds. The van der Waals surface area contributed by atoms with Crippen LogP contribution in [0.15, 0.2) is 0 Å². The molecule has 0 atom stereocenters. The van der Waals surface area contributed by atoms with Crippen molar-refractivity contribution in [1.29, 1.82) is 0 Å². The summed E-state index contributed by atoms with van der Waals surface area (Å²) in [6, 6.07) is 0. The van der Waals surface area contributed by atoms with E-state index in [1.807, 2.05) is 0 Å². The first kappa shape index (κ1) is 9.06. The second-order valence-electron chi connectivity index (χ2n) is 0.964. The molecule has 0 aliphatic heterocycles. The summed E-state index contributed by atoms with van der Waals surface area (Å²) in [7, 11) is 3.56. The molecule has 0 saturated heterocycles. The van der Waals surface area contributed by atoms with Crippen LogP contribution in [0.3, 0.4) is 0 Å². The van der Waals surface area contributed by atoms with E-state index in [4.69, 9.17) is 5.84 Å². The van der Waals surface area contributed by atoms with Crippen LogP contribution in [0, 0.1) is 0 Å². The average molecular weight is 141 g/mol. The first-order valence-corrected chi connectivity index (χ1v) is 1.15. The standard InChI is InChI=1S/C2H8N2.H2Se/c1-4(2)3;/h3H2,1-2H3;1H2. The molecule has 0 fully saturated rings. The fraction of sp³-hybridized carbons (Fsp3) is 1.00. The molecule has 0 aliphatic carbocycles. The molecular formula is C2H10N2Se. The molecule has 2 nitrogen and oxygen atoms in total. The van der Waals surface area contributed by atoms with Gasteiger partial charge in [0.15, 0.2) is 0 Å². The van der Waals surface area contributed by atoms with E-state index in [-0.39, 0.29) is 17.1 Å². The van der Waals surface area contributed by atoms with Crippen molar-refractivity contribution < 1.29 is 0 Å². The van der Waals surface area contributed by atoms with Crippen LogP contribution in [0.1, 0.15) is 0 Å². The van der Waals surface area contributed by atoms with Gasteiger partial charge in [-0.3, -0.25) is 10.9 Å². The number of nitrogens with zero attached hydrogens (tertiary/aromatic N) is 1.